The number of rotatable bonds is 5. The number of hydrogen-bond donors (Lipinski definition) is 3. The van der Waals surface area contributed by atoms with E-state index in [1.807, 2.05) is 0 Å². The van der Waals surface area contributed by atoms with E-state index in [4.69, 9.17) is 4.74 Å². The number of fused-ring (bicyclic) bond motifs is 1. The van der Waals surface area contributed by atoms with Crippen LogP contribution in [0.4, 0.5) is 0 Å². The average Bonchev–Trinajstić information content (AvgIpc) is 3.43. The number of carbonyl (C=O) groups excluding carboxylic acids is 6. The molecule has 2 saturated heterocycles. The summed E-state index contributed by atoms with van der Waals surface area (Å²) in [6.45, 7) is 10.4. The van der Waals surface area contributed by atoms with Crippen LogP contribution >= 0.6 is 0 Å². The number of aliphatic hydroxyl groups excluding tert-OH is 1. The van der Waals surface area contributed by atoms with Crippen LogP contribution < -0.4 is 10.6 Å². The normalized spacial score (nSPS) is 28.6. The minimum absolute atomic E-state index is 0.0523. The molecule has 42 heavy (non-hydrogen) atoms. The lowest BCUT2D eigenvalue weighted by Crippen LogP contribution is -2.60. The summed E-state index contributed by atoms with van der Waals surface area (Å²) in [6.07, 6.45) is -0.491. The van der Waals surface area contributed by atoms with Gasteiger partial charge in [0.2, 0.25) is 23.6 Å². The monoisotopic (exact) mass is 595 g/mol. The molecule has 2 fully saturated rings. The molecule has 0 aromatic heterocycles. The van der Waals surface area contributed by atoms with Crippen molar-refractivity contribution >= 4 is 35.5 Å². The first-order valence-electron chi connectivity index (χ1n) is 14.8. The Balaban J connectivity index is 2.51. The van der Waals surface area contributed by atoms with Crippen LogP contribution in [0, 0.1) is 17.8 Å². The summed E-state index contributed by atoms with van der Waals surface area (Å²) in [5, 5.41) is 15.0. The number of carbonyl (C=O) groups is 6. The summed E-state index contributed by atoms with van der Waals surface area (Å²) >= 11 is 0. The van der Waals surface area contributed by atoms with Gasteiger partial charge in [-0.3, -0.25) is 28.8 Å². The molecule has 6 atom stereocenters. The molecule has 1 unspecified atom stereocenters. The summed E-state index contributed by atoms with van der Waals surface area (Å²) in [7, 11) is 2.99. The quantitative estimate of drug-likeness (QED) is 0.371. The number of nitrogens with one attached hydrogen (secondary N) is 2. The van der Waals surface area contributed by atoms with Gasteiger partial charge in [0.1, 0.15) is 24.2 Å². The Morgan fingerprint density at radius 2 is 1.55 bits per heavy atom. The molecule has 0 radical (unpaired) electrons. The van der Waals surface area contributed by atoms with Crippen molar-refractivity contribution in [1.82, 2.24) is 25.3 Å². The van der Waals surface area contributed by atoms with Crippen LogP contribution in [-0.2, 0) is 33.5 Å². The van der Waals surface area contributed by atoms with Crippen molar-refractivity contribution in [3.63, 3.8) is 0 Å². The van der Waals surface area contributed by atoms with Gasteiger partial charge in [0.25, 0.3) is 5.91 Å². The Kier molecular flexibility index (Phi) is 12.7. The van der Waals surface area contributed by atoms with Crippen molar-refractivity contribution in [3.8, 4) is 0 Å². The largest absolute Gasteiger partial charge is 0.452 e. The Labute approximate surface area is 248 Å². The second kappa shape index (κ2) is 15.3. The second-order valence-corrected chi connectivity index (χ2v) is 12.2. The third-order valence-electron chi connectivity index (χ3n) is 8.13. The first-order valence-corrected chi connectivity index (χ1v) is 14.8. The number of amides is 5. The molecule has 2 rings (SSSR count). The molecule has 238 valence electrons. The number of nitrogens with zero attached hydrogens (tertiary/aromatic N) is 3. The molecular weight excluding hydrogens is 546 g/mol. The standard InChI is InChI=1S/C29H49N5O8/c1-16(2)23-28(40)33(8)24(17(3)4)29(41)32(7)19(6)25(37)30-12-11-22(36)42-21(14-18(5)15-35)27(39)34-13-9-10-20(34)26(38)31-23/h16-21,23-24,35H,9-15H2,1-8H3,(H,30,37)(H,31,38)/t18?,19-,20-,21+,23-,24-/m0/s1. The van der Waals surface area contributed by atoms with E-state index in [-0.39, 0.29) is 50.3 Å². The molecule has 0 aromatic carbocycles. The van der Waals surface area contributed by atoms with E-state index in [9.17, 15) is 33.9 Å². The molecule has 0 bridgehead atoms. The van der Waals surface area contributed by atoms with E-state index < -0.39 is 65.8 Å². The van der Waals surface area contributed by atoms with E-state index in [1.165, 1.54) is 28.8 Å². The Bertz CT molecular complexity index is 1020. The summed E-state index contributed by atoms with van der Waals surface area (Å²) < 4.78 is 5.53. The summed E-state index contributed by atoms with van der Waals surface area (Å²) in [6, 6.07) is -3.68. The summed E-state index contributed by atoms with van der Waals surface area (Å²) in [5.74, 6) is -4.19. The van der Waals surface area contributed by atoms with Crippen molar-refractivity contribution in [2.45, 2.75) is 97.5 Å². The van der Waals surface area contributed by atoms with Crippen molar-refractivity contribution in [2.24, 2.45) is 17.8 Å². The molecule has 2 aliphatic rings. The third-order valence-corrected chi connectivity index (χ3v) is 8.13. The maximum atomic E-state index is 13.8. The Morgan fingerprint density at radius 1 is 0.905 bits per heavy atom. The first-order chi connectivity index (χ1) is 19.6. The average molecular weight is 596 g/mol. The van der Waals surface area contributed by atoms with Crippen LogP contribution in [0.5, 0.6) is 0 Å². The van der Waals surface area contributed by atoms with Crippen molar-refractivity contribution < 1.29 is 38.6 Å². The van der Waals surface area contributed by atoms with E-state index in [0.717, 1.165) is 0 Å². The van der Waals surface area contributed by atoms with Crippen LogP contribution in [0.15, 0.2) is 0 Å². The fourth-order valence-corrected chi connectivity index (χ4v) is 5.37. The lowest BCUT2D eigenvalue weighted by Gasteiger charge is -2.37. The number of esters is 1. The number of hydrogen-bond acceptors (Lipinski definition) is 8. The van der Waals surface area contributed by atoms with Gasteiger partial charge in [-0.15, -0.1) is 0 Å². The molecule has 5 amide bonds. The summed E-state index contributed by atoms with van der Waals surface area (Å²) in [5.41, 5.74) is 0. The van der Waals surface area contributed by atoms with E-state index in [2.05, 4.69) is 10.6 Å². The van der Waals surface area contributed by atoms with Crippen LogP contribution in [0.3, 0.4) is 0 Å². The van der Waals surface area contributed by atoms with Crippen LogP contribution in [0.2, 0.25) is 0 Å². The Hall–Kier alpha value is -3.22. The molecule has 3 N–H and O–H groups in total. The molecule has 2 aliphatic heterocycles. The third kappa shape index (κ3) is 8.42. The predicted octanol–water partition coefficient (Wildman–Crippen LogP) is -0.102. The van der Waals surface area contributed by atoms with Gasteiger partial charge in [0.15, 0.2) is 6.10 Å². The summed E-state index contributed by atoms with van der Waals surface area (Å²) in [4.78, 5) is 84.1. The number of aliphatic hydroxyl groups is 1. The van der Waals surface area contributed by atoms with Gasteiger partial charge in [-0.1, -0.05) is 34.6 Å². The van der Waals surface area contributed by atoms with Gasteiger partial charge < -0.3 is 35.2 Å². The maximum absolute atomic E-state index is 13.8. The van der Waals surface area contributed by atoms with Gasteiger partial charge in [0, 0.05) is 33.8 Å². The van der Waals surface area contributed by atoms with Gasteiger partial charge in [-0.25, -0.2) is 0 Å². The molecule has 0 spiro atoms. The van der Waals surface area contributed by atoms with E-state index >= 15 is 0 Å². The highest BCUT2D eigenvalue weighted by molar-refractivity contribution is 5.96. The van der Waals surface area contributed by atoms with Gasteiger partial charge >= 0.3 is 5.97 Å². The zero-order valence-electron chi connectivity index (χ0n) is 26.2. The first kappa shape index (κ1) is 35.0. The van der Waals surface area contributed by atoms with Gasteiger partial charge in [-0.2, -0.15) is 0 Å². The van der Waals surface area contributed by atoms with Gasteiger partial charge in [0.05, 0.1) is 6.42 Å². The zero-order valence-corrected chi connectivity index (χ0v) is 26.2. The molecule has 13 heteroatoms. The number of cyclic esters (lactones) is 1. The van der Waals surface area contributed by atoms with E-state index in [0.29, 0.717) is 12.8 Å². The molecule has 2 heterocycles. The van der Waals surface area contributed by atoms with E-state index in [1.54, 1.807) is 41.5 Å². The van der Waals surface area contributed by atoms with Gasteiger partial charge in [-0.05, 0) is 43.9 Å². The lowest BCUT2D eigenvalue weighted by atomic mass is 9.97. The number of ether oxygens (including phenoxy) is 1. The highest BCUT2D eigenvalue weighted by Crippen LogP contribution is 2.23. The topological polar surface area (TPSA) is 166 Å². The fourth-order valence-electron chi connectivity index (χ4n) is 5.37. The maximum Gasteiger partial charge on any atom is 0.308 e. The lowest BCUT2D eigenvalue weighted by molar-refractivity contribution is -0.162. The fraction of sp³-hybridized carbons (Fsp3) is 0.793. The number of likely N-dealkylation sites (N-methyl/N-ethyl adjacent to an activating group) is 2. The molecule has 13 nitrogen and oxygen atoms in total. The molecular formula is C29H49N5O8. The smallest absolute Gasteiger partial charge is 0.308 e. The van der Waals surface area contributed by atoms with Crippen LogP contribution in [0.25, 0.3) is 0 Å². The highest BCUT2D eigenvalue weighted by atomic mass is 16.5. The molecule has 0 saturated carbocycles. The zero-order chi connectivity index (χ0) is 31.9. The molecule has 0 aromatic rings. The minimum Gasteiger partial charge on any atom is -0.452 e. The minimum atomic E-state index is -1.23. The van der Waals surface area contributed by atoms with Crippen molar-refractivity contribution in [2.75, 3.05) is 33.8 Å². The van der Waals surface area contributed by atoms with Crippen LogP contribution in [0.1, 0.15) is 67.2 Å². The highest BCUT2D eigenvalue weighted by Gasteiger charge is 2.42. The van der Waals surface area contributed by atoms with Crippen molar-refractivity contribution in [1.29, 1.82) is 0 Å². The van der Waals surface area contributed by atoms with Crippen molar-refractivity contribution in [3.05, 3.63) is 0 Å². The second-order valence-electron chi connectivity index (χ2n) is 12.2. The molecule has 0 aliphatic carbocycles. The Morgan fingerprint density at radius 3 is 2.12 bits per heavy atom. The van der Waals surface area contributed by atoms with Crippen LogP contribution in [-0.4, -0.2) is 119 Å². The SMILES string of the molecule is CC(CO)C[C@H]1OC(=O)CCNC(=O)[C@H](C)N(C)C(=O)[C@H](C(C)C)N(C)C(=O)[C@H](C(C)C)NC(=O)[C@@H]2CCCN2C1=O. The predicted molar refractivity (Wildman–Crippen MR) is 154 cm³/mol.